The lowest BCUT2D eigenvalue weighted by Crippen LogP contribution is -2.51. The van der Waals surface area contributed by atoms with Gasteiger partial charge in [0, 0.05) is 12.2 Å². The molecule has 0 spiro atoms. The number of halogens is 3. The molecule has 0 saturated carbocycles. The third-order valence-corrected chi connectivity index (χ3v) is 7.21. The maximum Gasteiger partial charge on any atom is 0.416 e. The van der Waals surface area contributed by atoms with E-state index in [0.29, 0.717) is 25.4 Å². The minimum Gasteiger partial charge on any atom is -0.463 e. The maximum absolute atomic E-state index is 14.1. The van der Waals surface area contributed by atoms with Crippen LogP contribution in [0.4, 0.5) is 23.7 Å². The number of amides is 2. The molecule has 2 aromatic rings. The van der Waals surface area contributed by atoms with Gasteiger partial charge in [0.15, 0.2) is 0 Å². The number of carbonyl (C=O) groups is 2. The van der Waals surface area contributed by atoms with E-state index in [1.807, 2.05) is 24.3 Å². The van der Waals surface area contributed by atoms with Gasteiger partial charge in [-0.25, -0.2) is 9.59 Å². The molecule has 0 saturated heterocycles. The third-order valence-electron chi connectivity index (χ3n) is 7.21. The summed E-state index contributed by atoms with van der Waals surface area (Å²) in [6, 6.07) is 11.2. The molecule has 1 unspecified atom stereocenters. The molecule has 1 heterocycles. The van der Waals surface area contributed by atoms with Crippen LogP contribution in [0.1, 0.15) is 82.0 Å². The lowest BCUT2D eigenvalue weighted by molar-refractivity contribution is -0.139. The molecule has 39 heavy (non-hydrogen) atoms. The van der Waals surface area contributed by atoms with Crippen molar-refractivity contribution >= 4 is 17.7 Å². The van der Waals surface area contributed by atoms with E-state index in [4.69, 9.17) is 10.5 Å². The first-order chi connectivity index (χ1) is 18.5. The van der Waals surface area contributed by atoms with Crippen LogP contribution in [0.25, 0.3) is 0 Å². The van der Waals surface area contributed by atoms with Crippen molar-refractivity contribution in [2.24, 2.45) is 5.73 Å². The maximum atomic E-state index is 14.1. The Hall–Kier alpha value is -3.33. The first kappa shape index (κ1) is 30.2. The lowest BCUT2D eigenvalue weighted by atomic mass is 9.90. The van der Waals surface area contributed by atoms with Crippen LogP contribution in [-0.2, 0) is 15.7 Å². The van der Waals surface area contributed by atoms with Crippen LogP contribution in [0.3, 0.4) is 0 Å². The van der Waals surface area contributed by atoms with Crippen molar-refractivity contribution < 1.29 is 27.5 Å². The Kier molecular flexibility index (Phi) is 10.2. The van der Waals surface area contributed by atoms with Crippen molar-refractivity contribution in [3.63, 3.8) is 0 Å². The minimum absolute atomic E-state index is 0.0339. The third kappa shape index (κ3) is 6.82. The van der Waals surface area contributed by atoms with Crippen molar-refractivity contribution in [2.45, 2.75) is 71.5 Å². The highest BCUT2D eigenvalue weighted by Gasteiger charge is 2.43. The van der Waals surface area contributed by atoms with Gasteiger partial charge < -0.3 is 15.4 Å². The molecular formula is C30H38F3N3O3. The molecule has 0 bridgehead atoms. The highest BCUT2D eigenvalue weighted by Crippen LogP contribution is 2.41. The fourth-order valence-corrected chi connectivity index (χ4v) is 4.87. The second-order valence-electron chi connectivity index (χ2n) is 9.81. The summed E-state index contributed by atoms with van der Waals surface area (Å²) in [5.41, 5.74) is 7.15. The van der Waals surface area contributed by atoms with Crippen molar-refractivity contribution in [2.75, 3.05) is 24.6 Å². The number of urea groups is 1. The number of unbranched alkanes of at least 4 members (excludes halogenated alkanes) is 2. The molecule has 212 valence electrons. The predicted octanol–water partition coefficient (Wildman–Crippen LogP) is 7.17. The molecule has 0 aromatic heterocycles. The Labute approximate surface area is 228 Å². The van der Waals surface area contributed by atoms with Gasteiger partial charge in [-0.2, -0.15) is 13.2 Å². The summed E-state index contributed by atoms with van der Waals surface area (Å²) in [4.78, 5) is 30.2. The van der Waals surface area contributed by atoms with Gasteiger partial charge in [0.05, 0.1) is 29.5 Å². The lowest BCUT2D eigenvalue weighted by Gasteiger charge is -2.43. The number of nitrogens with zero attached hydrogens (tertiary/aromatic N) is 2. The molecule has 0 radical (unpaired) electrons. The van der Waals surface area contributed by atoms with Crippen molar-refractivity contribution in [3.8, 4) is 0 Å². The second-order valence-corrected chi connectivity index (χ2v) is 9.81. The Morgan fingerprint density at radius 1 is 1.08 bits per heavy atom. The molecule has 2 amide bonds. The van der Waals surface area contributed by atoms with Gasteiger partial charge in [0.25, 0.3) is 0 Å². The number of ether oxygens (including phenoxy) is 1. The number of hydrogen-bond donors (Lipinski definition) is 1. The van der Waals surface area contributed by atoms with Crippen LogP contribution in [0.5, 0.6) is 0 Å². The number of anilines is 1. The van der Waals surface area contributed by atoms with Gasteiger partial charge >= 0.3 is 18.2 Å². The van der Waals surface area contributed by atoms with E-state index in [2.05, 4.69) is 13.8 Å². The quantitative estimate of drug-likeness (QED) is 0.240. The van der Waals surface area contributed by atoms with Gasteiger partial charge in [0.1, 0.15) is 0 Å². The Bertz CT molecular complexity index is 1180. The summed E-state index contributed by atoms with van der Waals surface area (Å²) < 4.78 is 46.0. The summed E-state index contributed by atoms with van der Waals surface area (Å²) in [5.74, 6) is -0.264. The molecule has 1 aliphatic heterocycles. The zero-order valence-electron chi connectivity index (χ0n) is 23.1. The summed E-state index contributed by atoms with van der Waals surface area (Å²) in [6.45, 7) is 8.42. The van der Waals surface area contributed by atoms with Crippen LogP contribution < -0.4 is 10.6 Å². The number of nitrogens with two attached hydrogens (primary N) is 1. The summed E-state index contributed by atoms with van der Waals surface area (Å²) in [5, 5.41) is 0. The number of benzene rings is 2. The van der Waals surface area contributed by atoms with Gasteiger partial charge in [-0.05, 0) is 74.9 Å². The SMILES string of the molecule is CCOC(=O)C1=C(C)N(c2cccc(C(F)(F)F)c2)C(=O)N(CCCCCN)[C@@H]1c1ccc(C(C)CC)cc1. The smallest absolute Gasteiger partial charge is 0.416 e. The van der Waals surface area contributed by atoms with Crippen LogP contribution in [0.15, 0.2) is 59.8 Å². The summed E-state index contributed by atoms with van der Waals surface area (Å²) in [7, 11) is 0. The van der Waals surface area contributed by atoms with Gasteiger partial charge in [-0.3, -0.25) is 4.90 Å². The number of carbonyl (C=O) groups excluding carboxylic acids is 2. The number of esters is 1. The predicted molar refractivity (Wildman–Crippen MR) is 146 cm³/mol. The number of rotatable bonds is 11. The van der Waals surface area contributed by atoms with E-state index in [1.54, 1.807) is 18.7 Å². The Morgan fingerprint density at radius 2 is 1.77 bits per heavy atom. The first-order valence-corrected chi connectivity index (χ1v) is 13.5. The highest BCUT2D eigenvalue weighted by molar-refractivity contribution is 6.03. The largest absolute Gasteiger partial charge is 0.463 e. The molecule has 0 aliphatic carbocycles. The van der Waals surface area contributed by atoms with Crippen LogP contribution in [-0.4, -0.2) is 36.6 Å². The zero-order chi connectivity index (χ0) is 28.7. The second kappa shape index (κ2) is 13.2. The molecular weight excluding hydrogens is 507 g/mol. The Balaban J connectivity index is 2.20. The van der Waals surface area contributed by atoms with Crippen molar-refractivity contribution in [1.29, 1.82) is 0 Å². The standard InChI is InChI=1S/C30H38F3N3O3/c1-5-20(3)22-13-15-23(16-14-22)27-26(28(37)39-6-2)21(4)36(29(38)35(27)18-9-7-8-17-34)25-12-10-11-24(19-25)30(31,32)33/h10-16,19-20,27H,5-9,17-18,34H2,1-4H3/t20?,27-/m1/s1. The van der Waals surface area contributed by atoms with E-state index in [-0.39, 0.29) is 23.6 Å². The fraction of sp³-hybridized carbons (Fsp3) is 0.467. The number of allylic oxidation sites excluding steroid dienone is 1. The van der Waals surface area contributed by atoms with Gasteiger partial charge in [0.2, 0.25) is 0 Å². The molecule has 6 nitrogen and oxygen atoms in total. The van der Waals surface area contributed by atoms with E-state index in [1.165, 1.54) is 17.0 Å². The molecule has 3 rings (SSSR count). The van der Waals surface area contributed by atoms with E-state index >= 15 is 0 Å². The van der Waals surface area contributed by atoms with Crippen LogP contribution in [0.2, 0.25) is 0 Å². The molecule has 0 fully saturated rings. The minimum atomic E-state index is -4.59. The summed E-state index contributed by atoms with van der Waals surface area (Å²) in [6.07, 6.45) is -1.46. The molecule has 2 aromatic carbocycles. The van der Waals surface area contributed by atoms with Crippen LogP contribution in [0, 0.1) is 0 Å². The fourth-order valence-electron chi connectivity index (χ4n) is 4.87. The number of hydrogen-bond acceptors (Lipinski definition) is 4. The van der Waals surface area contributed by atoms with Gasteiger partial charge in [-0.1, -0.05) is 50.6 Å². The highest BCUT2D eigenvalue weighted by atomic mass is 19.4. The van der Waals surface area contributed by atoms with Gasteiger partial charge in [-0.15, -0.1) is 0 Å². The van der Waals surface area contributed by atoms with Crippen molar-refractivity contribution in [3.05, 3.63) is 76.5 Å². The molecule has 2 N–H and O–H groups in total. The first-order valence-electron chi connectivity index (χ1n) is 13.5. The number of alkyl halides is 3. The van der Waals surface area contributed by atoms with E-state index in [9.17, 15) is 22.8 Å². The Morgan fingerprint density at radius 3 is 2.36 bits per heavy atom. The average molecular weight is 546 g/mol. The average Bonchev–Trinajstić information content (AvgIpc) is 2.91. The zero-order valence-corrected chi connectivity index (χ0v) is 23.1. The van der Waals surface area contributed by atoms with Crippen LogP contribution >= 0.6 is 0 Å². The van der Waals surface area contributed by atoms with E-state index in [0.717, 1.165) is 42.5 Å². The van der Waals surface area contributed by atoms with Crippen molar-refractivity contribution in [1.82, 2.24) is 4.90 Å². The molecule has 1 aliphatic rings. The summed E-state index contributed by atoms with van der Waals surface area (Å²) >= 11 is 0. The topological polar surface area (TPSA) is 75.9 Å². The molecule has 9 heteroatoms. The normalized spacial score (nSPS) is 17.0. The van der Waals surface area contributed by atoms with E-state index < -0.39 is 29.8 Å². The monoisotopic (exact) mass is 545 g/mol. The molecule has 2 atom stereocenters.